The Hall–Kier alpha value is -0.0226. The van der Waals surface area contributed by atoms with Gasteiger partial charge in [0.25, 0.3) is 0 Å². The number of hydrogen-bond donors (Lipinski definition) is 0. The SMILES string of the molecule is C=CC(=O)[O][Sn]1([O]C(=O)C=C)[CH2]CC(CCCC)(CCCC)[O][Sn]1([CH2]CCC)[CH2]CCC. The van der Waals surface area contributed by atoms with E-state index in [1.807, 2.05) is 0 Å². The van der Waals surface area contributed by atoms with Gasteiger partial charge in [-0.2, -0.15) is 0 Å². The molecule has 0 unspecified atom stereocenters. The monoisotopic (exact) mass is 666 g/mol. The van der Waals surface area contributed by atoms with Crippen molar-refractivity contribution >= 4 is 42.0 Å². The Morgan fingerprint density at radius 3 is 1.66 bits per heavy atom. The Bertz CT molecular complexity index is 581. The molecule has 32 heavy (non-hydrogen) atoms. The molecule has 0 amide bonds. The minimum absolute atomic E-state index is 0.148. The summed E-state index contributed by atoms with van der Waals surface area (Å²) in [5.41, 5.74) is -0.148. The second-order valence-electron chi connectivity index (χ2n) is 9.20. The minimum atomic E-state index is -4.23. The number of carbonyl (C=O) groups is 2. The van der Waals surface area contributed by atoms with Crippen LogP contribution in [0.15, 0.2) is 25.3 Å². The molecule has 0 aliphatic carbocycles. The van der Waals surface area contributed by atoms with Gasteiger partial charge in [0.15, 0.2) is 0 Å². The molecule has 1 rings (SSSR count). The van der Waals surface area contributed by atoms with Gasteiger partial charge in [-0.1, -0.05) is 0 Å². The Morgan fingerprint density at radius 1 is 0.844 bits per heavy atom. The number of hydrogen-bond acceptors (Lipinski definition) is 5. The van der Waals surface area contributed by atoms with Crippen molar-refractivity contribution in [2.45, 2.75) is 117 Å². The third-order valence-corrected chi connectivity index (χ3v) is 72.1. The van der Waals surface area contributed by atoms with Crippen LogP contribution in [0.1, 0.15) is 98.3 Å². The predicted molar refractivity (Wildman–Crippen MR) is 136 cm³/mol. The van der Waals surface area contributed by atoms with E-state index in [1.165, 1.54) is 12.2 Å². The van der Waals surface area contributed by atoms with E-state index < -0.39 is 42.0 Å². The fourth-order valence-electron chi connectivity index (χ4n) is 4.89. The summed E-state index contributed by atoms with van der Waals surface area (Å²) in [6.07, 6.45) is 14.1. The van der Waals surface area contributed by atoms with Crippen LogP contribution in [-0.4, -0.2) is 47.6 Å². The molecule has 0 radical (unpaired) electrons. The third kappa shape index (κ3) is 8.03. The summed E-state index contributed by atoms with van der Waals surface area (Å²) in [7, 11) is 0. The van der Waals surface area contributed by atoms with Crippen LogP contribution in [0, 0.1) is 0 Å². The van der Waals surface area contributed by atoms with Crippen molar-refractivity contribution in [2.75, 3.05) is 0 Å². The Balaban J connectivity index is 3.61. The zero-order valence-electron chi connectivity index (χ0n) is 21.0. The fraction of sp³-hybridized carbons (Fsp3) is 0.760. The molecule has 0 aromatic heterocycles. The van der Waals surface area contributed by atoms with Crippen molar-refractivity contribution in [3.63, 3.8) is 0 Å². The summed E-state index contributed by atoms with van der Waals surface area (Å²) in [6.45, 7) is 16.1. The average Bonchev–Trinajstić information content (AvgIpc) is 2.80. The van der Waals surface area contributed by atoms with Gasteiger partial charge in [0.1, 0.15) is 0 Å². The summed E-state index contributed by atoms with van der Waals surface area (Å²) >= 11 is -7.92. The fourth-order valence-corrected chi connectivity index (χ4v) is 75.5. The number of unbranched alkanes of at least 4 members (excludes halogenated alkanes) is 4. The molecule has 1 saturated heterocycles. The quantitative estimate of drug-likeness (QED) is 0.131. The van der Waals surface area contributed by atoms with E-state index in [0.717, 1.165) is 83.9 Å². The molecule has 1 aliphatic rings. The van der Waals surface area contributed by atoms with Gasteiger partial charge in [0.2, 0.25) is 0 Å². The third-order valence-electron chi connectivity index (χ3n) is 6.72. The van der Waals surface area contributed by atoms with Crippen molar-refractivity contribution in [2.24, 2.45) is 0 Å². The Kier molecular flexibility index (Phi) is 14.1. The average molecular weight is 664 g/mol. The van der Waals surface area contributed by atoms with Crippen LogP contribution in [0.25, 0.3) is 0 Å². The van der Waals surface area contributed by atoms with Gasteiger partial charge >= 0.3 is 203 Å². The van der Waals surface area contributed by atoms with E-state index in [-0.39, 0.29) is 5.60 Å². The summed E-state index contributed by atoms with van der Waals surface area (Å²) in [5.74, 6) is -0.907. The number of carbonyl (C=O) groups excluding carboxylic acids is 2. The molecule has 1 heterocycles. The van der Waals surface area contributed by atoms with Crippen molar-refractivity contribution in [1.82, 2.24) is 0 Å². The molecular formula is C25H46O5Sn2. The normalized spacial score (nSPS) is 18.5. The summed E-state index contributed by atoms with van der Waals surface area (Å²) in [6, 6.07) is 0. The van der Waals surface area contributed by atoms with Gasteiger partial charge in [-0.15, -0.1) is 0 Å². The molecule has 0 spiro atoms. The van der Waals surface area contributed by atoms with Crippen molar-refractivity contribution in [3.8, 4) is 0 Å². The van der Waals surface area contributed by atoms with E-state index in [1.54, 1.807) is 0 Å². The molecule has 5 nitrogen and oxygen atoms in total. The molecule has 0 atom stereocenters. The Labute approximate surface area is 202 Å². The topological polar surface area (TPSA) is 61.8 Å². The second-order valence-corrected chi connectivity index (χ2v) is 57.2. The van der Waals surface area contributed by atoms with Crippen LogP contribution in [0.4, 0.5) is 0 Å². The molecule has 1 aliphatic heterocycles. The van der Waals surface area contributed by atoms with Gasteiger partial charge in [0.05, 0.1) is 0 Å². The molecule has 184 valence electrons. The molecule has 1 fully saturated rings. The van der Waals surface area contributed by atoms with E-state index in [9.17, 15) is 9.59 Å². The molecule has 0 N–H and O–H groups in total. The van der Waals surface area contributed by atoms with E-state index in [0.29, 0.717) is 0 Å². The van der Waals surface area contributed by atoms with Gasteiger partial charge in [-0.3, -0.25) is 0 Å². The van der Waals surface area contributed by atoms with Crippen molar-refractivity contribution in [3.05, 3.63) is 25.3 Å². The van der Waals surface area contributed by atoms with Crippen LogP contribution >= 0.6 is 0 Å². The van der Waals surface area contributed by atoms with Gasteiger partial charge in [-0.05, 0) is 0 Å². The van der Waals surface area contributed by atoms with Crippen molar-refractivity contribution in [1.29, 1.82) is 0 Å². The molecule has 0 aromatic carbocycles. The van der Waals surface area contributed by atoms with Gasteiger partial charge in [0, 0.05) is 0 Å². The zero-order chi connectivity index (χ0) is 24.1. The summed E-state index contributed by atoms with van der Waals surface area (Å²) in [5, 5.41) is 0. The predicted octanol–water partition coefficient (Wildman–Crippen LogP) is 7.05. The van der Waals surface area contributed by atoms with E-state index >= 15 is 0 Å². The molecule has 0 bridgehead atoms. The van der Waals surface area contributed by atoms with E-state index in [2.05, 4.69) is 40.9 Å². The first-order chi connectivity index (χ1) is 15.3. The first-order valence-corrected chi connectivity index (χ1v) is 33.3. The standard InChI is InChI=1S/C11H22O.2C4H9.2C3H4O2.2Sn/c1-4-7-9-11(12,6-3)10-8-5-2;2*1-3-4-2;2*1-2-3(4)5;;/h3-10H2,1-2H3;2*1,3-4H2,2H3;2*2H,1H2,(H,4,5);;/q-1;;;;;+1;+2/p-2. The zero-order valence-corrected chi connectivity index (χ0v) is 26.7. The molecule has 7 heteroatoms. The summed E-state index contributed by atoms with van der Waals surface area (Å²) in [4.78, 5) is 25.1. The van der Waals surface area contributed by atoms with Gasteiger partial charge < -0.3 is 0 Å². The first kappa shape index (κ1) is 30.0. The molecule has 0 saturated carbocycles. The van der Waals surface area contributed by atoms with Crippen LogP contribution in [0.3, 0.4) is 0 Å². The van der Waals surface area contributed by atoms with Crippen LogP contribution in [0.5, 0.6) is 0 Å². The van der Waals surface area contributed by atoms with Crippen LogP contribution < -0.4 is 0 Å². The molecular weight excluding hydrogens is 618 g/mol. The Morgan fingerprint density at radius 2 is 1.28 bits per heavy atom. The van der Waals surface area contributed by atoms with Crippen LogP contribution in [-0.2, 0) is 18.8 Å². The molecule has 0 aromatic rings. The van der Waals surface area contributed by atoms with Crippen molar-refractivity contribution < 1.29 is 18.8 Å². The maximum absolute atomic E-state index is 12.6. The summed E-state index contributed by atoms with van der Waals surface area (Å²) < 4.78 is 22.6. The van der Waals surface area contributed by atoms with Crippen LogP contribution in [0.2, 0.25) is 13.3 Å². The second kappa shape index (κ2) is 15.1. The first-order valence-electron chi connectivity index (χ1n) is 12.7. The van der Waals surface area contributed by atoms with Gasteiger partial charge in [-0.25, -0.2) is 0 Å². The maximum atomic E-state index is 12.6. The van der Waals surface area contributed by atoms with E-state index in [4.69, 9.17) is 9.22 Å². The number of rotatable bonds is 16.